The van der Waals surface area contributed by atoms with Gasteiger partial charge < -0.3 is 14.8 Å². The summed E-state index contributed by atoms with van der Waals surface area (Å²) >= 11 is 0. The summed E-state index contributed by atoms with van der Waals surface area (Å²) in [5.41, 5.74) is 4.57. The highest BCUT2D eigenvalue weighted by atomic mass is 16.5. The van der Waals surface area contributed by atoms with E-state index in [0.717, 1.165) is 41.8 Å². The maximum atomic E-state index is 6.09. The van der Waals surface area contributed by atoms with Crippen LogP contribution in [0.4, 0.5) is 11.4 Å². The molecule has 0 aliphatic heterocycles. The highest BCUT2D eigenvalue weighted by Crippen LogP contribution is 2.32. The molecule has 3 aromatic rings. The lowest BCUT2D eigenvalue weighted by Crippen LogP contribution is -2.08. The third-order valence-corrected chi connectivity index (χ3v) is 6.76. The van der Waals surface area contributed by atoms with E-state index in [1.165, 1.54) is 49.7 Å². The summed E-state index contributed by atoms with van der Waals surface area (Å²) in [6.07, 6.45) is 9.52. The zero-order valence-electron chi connectivity index (χ0n) is 20.8. The van der Waals surface area contributed by atoms with Gasteiger partial charge in [0.25, 0.3) is 0 Å². The van der Waals surface area contributed by atoms with E-state index in [1.54, 1.807) is 0 Å². The van der Waals surface area contributed by atoms with Crippen molar-refractivity contribution in [1.29, 1.82) is 0 Å². The van der Waals surface area contributed by atoms with Crippen molar-refractivity contribution in [3.8, 4) is 11.5 Å². The molecule has 0 radical (unpaired) electrons. The zero-order chi connectivity index (χ0) is 23.6. The summed E-state index contributed by atoms with van der Waals surface area (Å²) in [6, 6.07) is 24.9. The lowest BCUT2D eigenvalue weighted by Gasteiger charge is -2.21. The molecule has 0 heterocycles. The predicted molar refractivity (Wildman–Crippen MR) is 142 cm³/mol. The molecule has 0 unspecified atom stereocenters. The van der Waals surface area contributed by atoms with Crippen LogP contribution < -0.4 is 14.8 Å². The SMILES string of the molecule is CC(C)c1cc(OCc2ccccc2)ccc1Nc1cccc(OCCCC2CCCCC2)c1. The van der Waals surface area contributed by atoms with E-state index in [2.05, 4.69) is 67.7 Å². The van der Waals surface area contributed by atoms with Crippen LogP contribution in [-0.2, 0) is 6.61 Å². The summed E-state index contributed by atoms with van der Waals surface area (Å²) in [4.78, 5) is 0. The van der Waals surface area contributed by atoms with Crippen molar-refractivity contribution in [2.45, 2.75) is 71.3 Å². The lowest BCUT2D eigenvalue weighted by molar-refractivity contribution is 0.269. The molecule has 180 valence electrons. The monoisotopic (exact) mass is 457 g/mol. The molecule has 1 aliphatic carbocycles. The Bertz CT molecular complexity index is 1010. The van der Waals surface area contributed by atoms with Crippen molar-refractivity contribution in [3.63, 3.8) is 0 Å². The van der Waals surface area contributed by atoms with E-state index in [0.29, 0.717) is 12.5 Å². The van der Waals surface area contributed by atoms with Crippen molar-refractivity contribution in [1.82, 2.24) is 0 Å². The largest absolute Gasteiger partial charge is 0.494 e. The maximum absolute atomic E-state index is 6.09. The molecule has 1 saturated carbocycles. The summed E-state index contributed by atoms with van der Waals surface area (Å²) in [5.74, 6) is 3.12. The highest BCUT2D eigenvalue weighted by Gasteiger charge is 2.13. The molecular formula is C31H39NO2. The summed E-state index contributed by atoms with van der Waals surface area (Å²) in [6.45, 7) is 5.80. The second kappa shape index (κ2) is 12.5. The number of nitrogens with one attached hydrogen (secondary N) is 1. The summed E-state index contributed by atoms with van der Waals surface area (Å²) in [7, 11) is 0. The topological polar surface area (TPSA) is 30.5 Å². The van der Waals surface area contributed by atoms with Crippen LogP contribution in [0.25, 0.3) is 0 Å². The van der Waals surface area contributed by atoms with Gasteiger partial charge in [0.15, 0.2) is 0 Å². The van der Waals surface area contributed by atoms with Crippen LogP contribution in [0.1, 0.15) is 75.8 Å². The fraction of sp³-hybridized carbons (Fsp3) is 0.419. The van der Waals surface area contributed by atoms with E-state index in [4.69, 9.17) is 9.47 Å². The van der Waals surface area contributed by atoms with Gasteiger partial charge >= 0.3 is 0 Å². The van der Waals surface area contributed by atoms with Gasteiger partial charge in [-0.1, -0.05) is 82.3 Å². The Morgan fingerprint density at radius 3 is 2.41 bits per heavy atom. The van der Waals surface area contributed by atoms with E-state index in [9.17, 15) is 0 Å². The van der Waals surface area contributed by atoms with Crippen LogP contribution in [0.2, 0.25) is 0 Å². The van der Waals surface area contributed by atoms with Gasteiger partial charge in [-0.2, -0.15) is 0 Å². The smallest absolute Gasteiger partial charge is 0.121 e. The molecule has 3 aromatic carbocycles. The normalized spacial score (nSPS) is 14.2. The lowest BCUT2D eigenvalue weighted by atomic mass is 9.86. The molecule has 1 N–H and O–H groups in total. The van der Waals surface area contributed by atoms with Crippen LogP contribution in [-0.4, -0.2) is 6.61 Å². The summed E-state index contributed by atoms with van der Waals surface area (Å²) in [5, 5.41) is 3.60. The van der Waals surface area contributed by atoms with Gasteiger partial charge in [-0.05, 0) is 66.1 Å². The Morgan fingerprint density at radius 1 is 0.824 bits per heavy atom. The molecule has 0 saturated heterocycles. The molecule has 3 nitrogen and oxygen atoms in total. The first-order valence-electron chi connectivity index (χ1n) is 13.0. The van der Waals surface area contributed by atoms with E-state index in [1.807, 2.05) is 24.3 Å². The minimum Gasteiger partial charge on any atom is -0.494 e. The van der Waals surface area contributed by atoms with E-state index < -0.39 is 0 Å². The van der Waals surface area contributed by atoms with Gasteiger partial charge in [-0.25, -0.2) is 0 Å². The third-order valence-electron chi connectivity index (χ3n) is 6.76. The Hall–Kier alpha value is -2.94. The zero-order valence-corrected chi connectivity index (χ0v) is 20.8. The molecule has 0 atom stereocenters. The van der Waals surface area contributed by atoms with Gasteiger partial charge in [0.2, 0.25) is 0 Å². The van der Waals surface area contributed by atoms with Crippen LogP contribution in [0.5, 0.6) is 11.5 Å². The first-order valence-corrected chi connectivity index (χ1v) is 13.0. The Balaban J connectivity index is 1.33. The van der Waals surface area contributed by atoms with Gasteiger partial charge in [0.05, 0.1) is 6.61 Å². The van der Waals surface area contributed by atoms with Crippen molar-refractivity contribution in [2.24, 2.45) is 5.92 Å². The first-order chi connectivity index (χ1) is 16.7. The Morgan fingerprint density at radius 2 is 1.62 bits per heavy atom. The van der Waals surface area contributed by atoms with Gasteiger partial charge in [-0.15, -0.1) is 0 Å². The van der Waals surface area contributed by atoms with Gasteiger partial charge in [-0.3, -0.25) is 0 Å². The fourth-order valence-corrected chi connectivity index (χ4v) is 4.82. The van der Waals surface area contributed by atoms with Crippen molar-refractivity contribution in [3.05, 3.63) is 83.9 Å². The van der Waals surface area contributed by atoms with Crippen LogP contribution in [0.3, 0.4) is 0 Å². The fourth-order valence-electron chi connectivity index (χ4n) is 4.82. The number of rotatable bonds is 11. The molecule has 0 bridgehead atoms. The highest BCUT2D eigenvalue weighted by molar-refractivity contribution is 5.66. The van der Waals surface area contributed by atoms with Gasteiger partial charge in [0, 0.05) is 17.4 Å². The summed E-state index contributed by atoms with van der Waals surface area (Å²) < 4.78 is 12.1. The van der Waals surface area contributed by atoms with Crippen molar-refractivity contribution < 1.29 is 9.47 Å². The van der Waals surface area contributed by atoms with Gasteiger partial charge in [0.1, 0.15) is 18.1 Å². The molecule has 34 heavy (non-hydrogen) atoms. The van der Waals surface area contributed by atoms with Crippen molar-refractivity contribution in [2.75, 3.05) is 11.9 Å². The number of ether oxygens (including phenoxy) is 2. The second-order valence-corrected chi connectivity index (χ2v) is 9.83. The number of benzene rings is 3. The Kier molecular flexibility index (Phi) is 8.90. The first kappa shape index (κ1) is 24.2. The molecule has 4 rings (SSSR count). The van der Waals surface area contributed by atoms with Crippen molar-refractivity contribution >= 4 is 11.4 Å². The molecule has 0 aromatic heterocycles. The average Bonchev–Trinajstić information content (AvgIpc) is 2.87. The average molecular weight is 458 g/mol. The molecular weight excluding hydrogens is 418 g/mol. The second-order valence-electron chi connectivity index (χ2n) is 9.83. The number of hydrogen-bond acceptors (Lipinski definition) is 3. The Labute approximate surface area is 205 Å². The number of hydrogen-bond donors (Lipinski definition) is 1. The molecule has 0 spiro atoms. The maximum Gasteiger partial charge on any atom is 0.121 e. The quantitative estimate of drug-likeness (QED) is 0.292. The standard InChI is InChI=1S/C31H39NO2/c1-24(2)30-22-29(34-23-26-13-7-4-8-14-26)18-19-31(30)32-27-16-9-17-28(21-27)33-20-10-15-25-11-5-3-6-12-25/h4,7-9,13-14,16-19,21-22,24-25,32H,3,5-6,10-12,15,20,23H2,1-2H3. The molecule has 3 heteroatoms. The van der Waals surface area contributed by atoms with Crippen LogP contribution >= 0.6 is 0 Å². The number of anilines is 2. The van der Waals surface area contributed by atoms with Crippen LogP contribution in [0.15, 0.2) is 72.8 Å². The minimum absolute atomic E-state index is 0.377. The molecule has 1 fully saturated rings. The minimum atomic E-state index is 0.377. The van der Waals surface area contributed by atoms with E-state index in [-0.39, 0.29) is 0 Å². The molecule has 0 amide bonds. The van der Waals surface area contributed by atoms with E-state index >= 15 is 0 Å². The third kappa shape index (κ3) is 7.28. The molecule has 1 aliphatic rings. The van der Waals surface area contributed by atoms with Crippen LogP contribution in [0, 0.1) is 5.92 Å². The predicted octanol–water partition coefficient (Wildman–Crippen LogP) is 8.87.